The van der Waals surface area contributed by atoms with Crippen LogP contribution in [0.25, 0.3) is 0 Å². The number of aromatic nitrogens is 3. The van der Waals surface area contributed by atoms with Gasteiger partial charge in [-0.05, 0) is 19.3 Å². The van der Waals surface area contributed by atoms with Gasteiger partial charge in [0.05, 0.1) is 6.54 Å². The number of anilines is 2. The maximum Gasteiger partial charge on any atom is 0.397 e. The van der Waals surface area contributed by atoms with Crippen LogP contribution in [0.4, 0.5) is 25.1 Å². The van der Waals surface area contributed by atoms with Crippen LogP contribution in [-0.4, -0.2) is 54.2 Å². The van der Waals surface area contributed by atoms with Gasteiger partial charge in [0.1, 0.15) is 6.42 Å². The zero-order valence-corrected chi connectivity index (χ0v) is 13.7. The van der Waals surface area contributed by atoms with Crippen LogP contribution in [-0.2, 0) is 11.3 Å². The first-order chi connectivity index (χ1) is 11.2. The number of hydrogen-bond donors (Lipinski definition) is 1. The van der Waals surface area contributed by atoms with Gasteiger partial charge in [0.25, 0.3) is 0 Å². The number of hydrogen-bond acceptors (Lipinski definition) is 6. The summed E-state index contributed by atoms with van der Waals surface area (Å²) in [4.78, 5) is 27.9. The van der Waals surface area contributed by atoms with Crippen molar-refractivity contribution in [2.75, 3.05) is 37.0 Å². The van der Waals surface area contributed by atoms with Crippen molar-refractivity contribution in [1.29, 1.82) is 0 Å². The van der Waals surface area contributed by atoms with E-state index in [0.717, 1.165) is 32.4 Å². The molecule has 0 spiro atoms. The van der Waals surface area contributed by atoms with E-state index in [9.17, 15) is 18.0 Å². The molecular formula is C14H21F3N6O. The third kappa shape index (κ3) is 5.50. The quantitative estimate of drug-likeness (QED) is 0.871. The average molecular weight is 346 g/mol. The summed E-state index contributed by atoms with van der Waals surface area (Å²) < 4.78 is 36.6. The number of alkyl halides is 3. The fourth-order valence-corrected chi connectivity index (χ4v) is 2.33. The van der Waals surface area contributed by atoms with Crippen molar-refractivity contribution in [2.45, 2.75) is 38.4 Å². The van der Waals surface area contributed by atoms with Gasteiger partial charge in [-0.3, -0.25) is 4.79 Å². The third-order valence-corrected chi connectivity index (χ3v) is 3.50. The van der Waals surface area contributed by atoms with E-state index in [-0.39, 0.29) is 12.4 Å². The van der Waals surface area contributed by atoms with E-state index in [1.54, 1.807) is 19.0 Å². The summed E-state index contributed by atoms with van der Waals surface area (Å²) in [5.74, 6) is 0.0396. The molecule has 1 aromatic heterocycles. The lowest BCUT2D eigenvalue weighted by molar-refractivity contribution is -0.153. The molecule has 1 aliphatic rings. The van der Waals surface area contributed by atoms with Gasteiger partial charge in [-0.1, -0.05) is 0 Å². The Kier molecular flexibility index (Phi) is 5.79. The topological polar surface area (TPSA) is 74.2 Å². The molecule has 0 unspecified atom stereocenters. The highest BCUT2D eigenvalue weighted by Gasteiger charge is 2.31. The zero-order valence-electron chi connectivity index (χ0n) is 13.7. The van der Waals surface area contributed by atoms with Crippen LogP contribution in [0.5, 0.6) is 0 Å². The van der Waals surface area contributed by atoms with Crippen LogP contribution in [0.2, 0.25) is 0 Å². The predicted octanol–water partition coefficient (Wildman–Crippen LogP) is 1.50. The maximum atomic E-state index is 12.2. The van der Waals surface area contributed by atoms with Gasteiger partial charge in [-0.25, -0.2) is 0 Å². The van der Waals surface area contributed by atoms with Crippen LogP contribution in [0, 0.1) is 0 Å². The first-order valence-electron chi connectivity index (χ1n) is 7.75. The van der Waals surface area contributed by atoms with E-state index >= 15 is 0 Å². The minimum absolute atomic E-state index is 0.168. The molecule has 1 amide bonds. The van der Waals surface area contributed by atoms with E-state index in [4.69, 9.17) is 0 Å². The van der Waals surface area contributed by atoms with Crippen LogP contribution in [0.15, 0.2) is 0 Å². The van der Waals surface area contributed by atoms with E-state index < -0.39 is 18.5 Å². The lowest BCUT2D eigenvalue weighted by Gasteiger charge is -2.27. The molecule has 0 radical (unpaired) electrons. The maximum absolute atomic E-state index is 12.2. The number of piperidine rings is 1. The predicted molar refractivity (Wildman–Crippen MR) is 82.7 cm³/mol. The Balaban J connectivity index is 2.10. The van der Waals surface area contributed by atoms with Crippen molar-refractivity contribution >= 4 is 17.8 Å². The van der Waals surface area contributed by atoms with E-state index in [1.807, 2.05) is 4.90 Å². The average Bonchev–Trinajstić information content (AvgIpc) is 2.52. The Labute approximate surface area is 138 Å². The highest BCUT2D eigenvalue weighted by molar-refractivity contribution is 5.76. The molecule has 0 aliphatic carbocycles. The first-order valence-corrected chi connectivity index (χ1v) is 7.75. The number of carbonyl (C=O) groups is 1. The molecule has 7 nitrogen and oxygen atoms in total. The summed E-state index contributed by atoms with van der Waals surface area (Å²) in [7, 11) is 3.53. The summed E-state index contributed by atoms with van der Waals surface area (Å²) in [6.45, 7) is 1.49. The molecule has 1 saturated heterocycles. The number of carbonyl (C=O) groups excluding carboxylic acids is 1. The second-order valence-corrected chi connectivity index (χ2v) is 5.86. The Morgan fingerprint density at radius 2 is 1.83 bits per heavy atom. The second-order valence-electron chi connectivity index (χ2n) is 5.86. The third-order valence-electron chi connectivity index (χ3n) is 3.50. The second kappa shape index (κ2) is 7.63. The molecular weight excluding hydrogens is 325 g/mol. The lowest BCUT2D eigenvalue weighted by Crippen LogP contribution is -2.33. The van der Waals surface area contributed by atoms with Gasteiger partial charge < -0.3 is 15.1 Å². The van der Waals surface area contributed by atoms with Crippen LogP contribution in [0.1, 0.15) is 31.5 Å². The van der Waals surface area contributed by atoms with Crippen molar-refractivity contribution in [3.63, 3.8) is 0 Å². The fraction of sp³-hybridized carbons (Fsp3) is 0.714. The highest BCUT2D eigenvalue weighted by Crippen LogP contribution is 2.20. The minimum atomic E-state index is -4.53. The monoisotopic (exact) mass is 346 g/mol. The molecule has 0 saturated carbocycles. The van der Waals surface area contributed by atoms with Gasteiger partial charge in [-0.2, -0.15) is 28.1 Å². The fourth-order valence-electron chi connectivity index (χ4n) is 2.33. The summed E-state index contributed by atoms with van der Waals surface area (Å²) in [6, 6.07) is 0. The molecule has 0 bridgehead atoms. The first kappa shape index (κ1) is 18.2. The Hall–Kier alpha value is -2.13. The molecule has 1 N–H and O–H groups in total. The summed E-state index contributed by atoms with van der Waals surface area (Å²) in [6.07, 6.45) is -2.81. The largest absolute Gasteiger partial charge is 0.397 e. The molecule has 1 aliphatic heterocycles. The van der Waals surface area contributed by atoms with Crippen LogP contribution in [0.3, 0.4) is 0 Å². The van der Waals surface area contributed by atoms with Crippen LogP contribution >= 0.6 is 0 Å². The molecule has 0 aromatic carbocycles. The number of amides is 1. The molecule has 1 aromatic rings. The normalized spacial score (nSPS) is 15.3. The molecule has 1 fully saturated rings. The Bertz CT molecular complexity index is 572. The van der Waals surface area contributed by atoms with Gasteiger partial charge in [0, 0.05) is 27.2 Å². The van der Waals surface area contributed by atoms with Crippen molar-refractivity contribution in [3.05, 3.63) is 5.82 Å². The van der Waals surface area contributed by atoms with Crippen molar-refractivity contribution in [2.24, 2.45) is 0 Å². The van der Waals surface area contributed by atoms with Gasteiger partial charge in [0.15, 0.2) is 5.82 Å². The molecule has 10 heteroatoms. The molecule has 24 heavy (non-hydrogen) atoms. The van der Waals surface area contributed by atoms with Crippen molar-refractivity contribution in [1.82, 2.24) is 20.3 Å². The van der Waals surface area contributed by atoms with Gasteiger partial charge in [0.2, 0.25) is 17.8 Å². The molecule has 2 heterocycles. The summed E-state index contributed by atoms with van der Waals surface area (Å²) >= 11 is 0. The smallest absolute Gasteiger partial charge is 0.349 e. The SMILES string of the molecule is CN(C)c1nc(CNC(=O)CC(F)(F)F)nc(N2CCCCC2)n1. The molecule has 2 rings (SSSR count). The standard InChI is InChI=1S/C14H21F3N6O/c1-22(2)12-19-10(9-18-11(24)8-14(15,16)17)20-13(21-12)23-6-4-3-5-7-23/h3-9H2,1-2H3,(H,18,24). The number of rotatable bonds is 5. The molecule has 134 valence electrons. The van der Waals surface area contributed by atoms with Gasteiger partial charge >= 0.3 is 6.18 Å². The number of nitrogens with one attached hydrogen (secondary N) is 1. The minimum Gasteiger partial charge on any atom is -0.349 e. The van der Waals surface area contributed by atoms with E-state index in [1.165, 1.54) is 0 Å². The number of nitrogens with zero attached hydrogens (tertiary/aromatic N) is 5. The Morgan fingerprint density at radius 1 is 1.17 bits per heavy atom. The van der Waals surface area contributed by atoms with Crippen molar-refractivity contribution in [3.8, 4) is 0 Å². The van der Waals surface area contributed by atoms with E-state index in [0.29, 0.717) is 11.9 Å². The van der Waals surface area contributed by atoms with Crippen molar-refractivity contribution < 1.29 is 18.0 Å². The highest BCUT2D eigenvalue weighted by atomic mass is 19.4. The summed E-state index contributed by atoms with van der Waals surface area (Å²) in [5, 5.41) is 2.20. The van der Waals surface area contributed by atoms with Crippen LogP contribution < -0.4 is 15.1 Å². The summed E-state index contributed by atoms with van der Waals surface area (Å²) in [5.41, 5.74) is 0. The lowest BCUT2D eigenvalue weighted by atomic mass is 10.1. The number of halogens is 3. The van der Waals surface area contributed by atoms with Gasteiger partial charge in [-0.15, -0.1) is 0 Å². The Morgan fingerprint density at radius 3 is 2.42 bits per heavy atom. The zero-order chi connectivity index (χ0) is 17.7. The van der Waals surface area contributed by atoms with E-state index in [2.05, 4.69) is 20.3 Å². The molecule has 0 atom stereocenters.